The minimum absolute atomic E-state index is 0.518. The van der Waals surface area contributed by atoms with Crippen LogP contribution in [0.3, 0.4) is 0 Å². The average Bonchev–Trinajstić information content (AvgIpc) is 3.10. The fourth-order valence-corrected chi connectivity index (χ4v) is 4.11. The van der Waals surface area contributed by atoms with Gasteiger partial charge in [-0.1, -0.05) is 37.3 Å². The third-order valence-corrected chi connectivity index (χ3v) is 5.40. The van der Waals surface area contributed by atoms with E-state index in [9.17, 15) is 0 Å². The molecule has 5 heteroatoms. The number of benzene rings is 1. The van der Waals surface area contributed by atoms with Gasteiger partial charge in [0.25, 0.3) is 0 Å². The van der Waals surface area contributed by atoms with Gasteiger partial charge in [0.1, 0.15) is 0 Å². The highest BCUT2D eigenvalue weighted by molar-refractivity contribution is 7.22. The van der Waals surface area contributed by atoms with Gasteiger partial charge >= 0.3 is 0 Å². The number of nitrogens with zero attached hydrogens (tertiary/aromatic N) is 4. The highest BCUT2D eigenvalue weighted by Crippen LogP contribution is 2.36. The van der Waals surface area contributed by atoms with E-state index < -0.39 is 0 Å². The molecule has 0 bridgehead atoms. The SMILES string of the molecule is CC(C)c1cccc2sc(N3CC(Cn4ccnc4)C3)nc12. The quantitative estimate of drug-likeness (QED) is 0.736. The molecule has 1 fully saturated rings. The minimum atomic E-state index is 0.518. The Hall–Kier alpha value is -1.88. The van der Waals surface area contributed by atoms with Crippen LogP contribution in [0.15, 0.2) is 36.9 Å². The first-order valence-electron chi connectivity index (χ1n) is 7.81. The van der Waals surface area contributed by atoms with E-state index >= 15 is 0 Å². The van der Waals surface area contributed by atoms with Gasteiger partial charge in [-0.05, 0) is 17.5 Å². The molecule has 0 unspecified atom stereocenters. The van der Waals surface area contributed by atoms with Crippen LogP contribution in [0.2, 0.25) is 0 Å². The number of rotatable bonds is 4. The number of aromatic nitrogens is 3. The normalized spacial score (nSPS) is 15.7. The number of thiazole rings is 1. The van der Waals surface area contributed by atoms with E-state index in [2.05, 4.69) is 46.5 Å². The Balaban J connectivity index is 1.50. The second-order valence-corrected chi connectivity index (χ2v) is 7.38. The molecule has 2 aromatic heterocycles. The minimum Gasteiger partial charge on any atom is -0.347 e. The Morgan fingerprint density at radius 1 is 1.32 bits per heavy atom. The second-order valence-electron chi connectivity index (χ2n) is 6.38. The van der Waals surface area contributed by atoms with Crippen LogP contribution < -0.4 is 4.90 Å². The molecular weight excluding hydrogens is 292 g/mol. The summed E-state index contributed by atoms with van der Waals surface area (Å²) in [6.45, 7) is 7.71. The van der Waals surface area contributed by atoms with Crippen LogP contribution >= 0.6 is 11.3 Å². The highest BCUT2D eigenvalue weighted by Gasteiger charge is 2.29. The van der Waals surface area contributed by atoms with Crippen LogP contribution in [-0.2, 0) is 6.54 Å². The van der Waals surface area contributed by atoms with Crippen molar-refractivity contribution in [2.24, 2.45) is 5.92 Å². The van der Waals surface area contributed by atoms with Gasteiger partial charge < -0.3 is 9.47 Å². The van der Waals surface area contributed by atoms with Gasteiger partial charge in [0.15, 0.2) is 5.13 Å². The van der Waals surface area contributed by atoms with Gasteiger partial charge in [-0.3, -0.25) is 0 Å². The van der Waals surface area contributed by atoms with Crippen molar-refractivity contribution in [3.05, 3.63) is 42.5 Å². The van der Waals surface area contributed by atoms with Gasteiger partial charge in [-0.2, -0.15) is 0 Å². The summed E-state index contributed by atoms with van der Waals surface area (Å²) in [7, 11) is 0. The van der Waals surface area contributed by atoms with Gasteiger partial charge in [0.2, 0.25) is 0 Å². The Labute approximate surface area is 134 Å². The summed E-state index contributed by atoms with van der Waals surface area (Å²) in [6, 6.07) is 6.54. The number of fused-ring (bicyclic) bond motifs is 1. The van der Waals surface area contributed by atoms with Gasteiger partial charge in [0, 0.05) is 37.9 Å². The lowest BCUT2D eigenvalue weighted by molar-refractivity contribution is 0.357. The van der Waals surface area contributed by atoms with Crippen molar-refractivity contribution in [3.63, 3.8) is 0 Å². The molecule has 0 saturated carbocycles. The summed E-state index contributed by atoms with van der Waals surface area (Å²) in [6.07, 6.45) is 5.78. The van der Waals surface area contributed by atoms with Crippen LogP contribution in [0.1, 0.15) is 25.3 Å². The first-order chi connectivity index (χ1) is 10.7. The van der Waals surface area contributed by atoms with E-state index in [4.69, 9.17) is 4.98 Å². The molecule has 3 heterocycles. The van der Waals surface area contributed by atoms with Crippen LogP contribution in [0, 0.1) is 5.92 Å². The maximum atomic E-state index is 4.91. The molecule has 1 aliphatic rings. The van der Waals surface area contributed by atoms with Crippen molar-refractivity contribution in [1.29, 1.82) is 0 Å². The van der Waals surface area contributed by atoms with Crippen molar-refractivity contribution < 1.29 is 0 Å². The summed E-state index contributed by atoms with van der Waals surface area (Å²) in [5, 5.41) is 1.17. The van der Waals surface area contributed by atoms with Crippen molar-refractivity contribution >= 4 is 26.7 Å². The lowest BCUT2D eigenvalue weighted by Crippen LogP contribution is -2.48. The lowest BCUT2D eigenvalue weighted by Gasteiger charge is -2.39. The van der Waals surface area contributed by atoms with Crippen molar-refractivity contribution in [2.45, 2.75) is 26.3 Å². The number of para-hydroxylation sites is 1. The standard InChI is InChI=1S/C17H20N4S/c1-12(2)14-4-3-5-15-16(14)19-17(22-15)21-9-13(10-21)8-20-7-6-18-11-20/h3-7,11-13H,8-10H2,1-2H3. The van der Waals surface area contributed by atoms with E-state index in [1.165, 1.54) is 20.9 Å². The number of anilines is 1. The molecule has 1 aliphatic heterocycles. The largest absolute Gasteiger partial charge is 0.347 e. The molecule has 0 radical (unpaired) electrons. The molecule has 0 aliphatic carbocycles. The molecule has 4 nitrogen and oxygen atoms in total. The topological polar surface area (TPSA) is 34.0 Å². The Bertz CT molecular complexity index is 769. The molecule has 1 aromatic carbocycles. The second kappa shape index (κ2) is 5.39. The zero-order valence-corrected chi connectivity index (χ0v) is 13.8. The molecule has 22 heavy (non-hydrogen) atoms. The maximum Gasteiger partial charge on any atom is 0.186 e. The predicted molar refractivity (Wildman–Crippen MR) is 91.6 cm³/mol. The third-order valence-electron chi connectivity index (χ3n) is 4.32. The molecule has 114 valence electrons. The molecular formula is C17H20N4S. The van der Waals surface area contributed by atoms with Crippen molar-refractivity contribution in [1.82, 2.24) is 14.5 Å². The van der Waals surface area contributed by atoms with Crippen LogP contribution in [-0.4, -0.2) is 27.6 Å². The molecule has 3 aromatic rings. The zero-order chi connectivity index (χ0) is 15.1. The zero-order valence-electron chi connectivity index (χ0n) is 12.9. The lowest BCUT2D eigenvalue weighted by atomic mass is 10.0. The predicted octanol–water partition coefficient (Wildman–Crippen LogP) is 3.75. The summed E-state index contributed by atoms with van der Waals surface area (Å²) >= 11 is 1.82. The number of imidazole rings is 1. The molecule has 0 spiro atoms. The molecule has 0 atom stereocenters. The Kier molecular flexibility index (Phi) is 3.37. The van der Waals surface area contributed by atoms with Gasteiger partial charge in [0.05, 0.1) is 16.5 Å². The molecule has 1 saturated heterocycles. The summed E-state index contributed by atoms with van der Waals surface area (Å²) in [5.74, 6) is 1.22. The summed E-state index contributed by atoms with van der Waals surface area (Å²) in [5.41, 5.74) is 2.55. The van der Waals surface area contributed by atoms with Crippen LogP contribution in [0.25, 0.3) is 10.2 Å². The first-order valence-corrected chi connectivity index (χ1v) is 8.62. The molecule has 0 N–H and O–H groups in total. The van der Waals surface area contributed by atoms with E-state index in [-0.39, 0.29) is 0 Å². The highest BCUT2D eigenvalue weighted by atomic mass is 32.1. The average molecular weight is 312 g/mol. The monoisotopic (exact) mass is 312 g/mol. The summed E-state index contributed by atoms with van der Waals surface area (Å²) < 4.78 is 3.47. The number of hydrogen-bond acceptors (Lipinski definition) is 4. The van der Waals surface area contributed by atoms with Crippen molar-refractivity contribution in [2.75, 3.05) is 18.0 Å². The van der Waals surface area contributed by atoms with Gasteiger partial charge in [-0.25, -0.2) is 9.97 Å². The molecule has 0 amide bonds. The summed E-state index contributed by atoms with van der Waals surface area (Å²) in [4.78, 5) is 11.4. The number of hydrogen-bond donors (Lipinski definition) is 0. The van der Waals surface area contributed by atoms with E-state index in [1.807, 2.05) is 30.1 Å². The smallest absolute Gasteiger partial charge is 0.186 e. The van der Waals surface area contributed by atoms with Gasteiger partial charge in [-0.15, -0.1) is 0 Å². The fourth-order valence-electron chi connectivity index (χ4n) is 3.09. The van der Waals surface area contributed by atoms with Crippen molar-refractivity contribution in [3.8, 4) is 0 Å². The van der Waals surface area contributed by atoms with E-state index in [0.29, 0.717) is 11.8 Å². The van der Waals surface area contributed by atoms with E-state index in [0.717, 1.165) is 19.6 Å². The Morgan fingerprint density at radius 2 is 2.18 bits per heavy atom. The maximum absolute atomic E-state index is 4.91. The third kappa shape index (κ3) is 2.39. The first kappa shape index (κ1) is 13.8. The molecule has 4 rings (SSSR count). The van der Waals surface area contributed by atoms with Crippen LogP contribution in [0.4, 0.5) is 5.13 Å². The van der Waals surface area contributed by atoms with E-state index in [1.54, 1.807) is 0 Å². The van der Waals surface area contributed by atoms with Crippen LogP contribution in [0.5, 0.6) is 0 Å². The Morgan fingerprint density at radius 3 is 2.91 bits per heavy atom. The fraction of sp³-hybridized carbons (Fsp3) is 0.412.